The third-order valence-corrected chi connectivity index (χ3v) is 4.72. The molecule has 2 heteroatoms. The van der Waals surface area contributed by atoms with E-state index >= 15 is 0 Å². The van der Waals surface area contributed by atoms with Crippen molar-refractivity contribution in [2.75, 3.05) is 0 Å². The van der Waals surface area contributed by atoms with Crippen LogP contribution in [0, 0.1) is 0 Å². The van der Waals surface area contributed by atoms with Gasteiger partial charge in [0.15, 0.2) is 0 Å². The van der Waals surface area contributed by atoms with E-state index in [0.717, 1.165) is 6.42 Å². The van der Waals surface area contributed by atoms with Crippen LogP contribution in [-0.2, 0) is 12.8 Å². The minimum atomic E-state index is 0.193. The van der Waals surface area contributed by atoms with Crippen molar-refractivity contribution in [3.63, 3.8) is 0 Å². The number of nitrogens with one attached hydrogen (secondary N) is 1. The van der Waals surface area contributed by atoms with Crippen molar-refractivity contribution in [3.05, 3.63) is 70.8 Å². The number of nitrogens with two attached hydrogens (primary N) is 1. The minimum absolute atomic E-state index is 0.193. The molecule has 110 valence electrons. The Morgan fingerprint density at radius 3 is 2.86 bits per heavy atom. The fraction of sp³-hybridized carbons (Fsp3) is 0.368. The average molecular weight is 280 g/mol. The SMILES string of the molecule is CCc1cccc(C(NN)C2CCCc3ccccc32)c1. The van der Waals surface area contributed by atoms with Crippen LogP contribution in [0.4, 0.5) is 0 Å². The zero-order valence-electron chi connectivity index (χ0n) is 12.7. The van der Waals surface area contributed by atoms with Gasteiger partial charge in [-0.25, -0.2) is 0 Å². The molecule has 0 radical (unpaired) electrons. The molecule has 0 saturated carbocycles. The largest absolute Gasteiger partial charge is 0.271 e. The second kappa shape index (κ2) is 6.42. The van der Waals surface area contributed by atoms with E-state index in [1.54, 1.807) is 0 Å². The molecule has 3 rings (SSSR count). The van der Waals surface area contributed by atoms with Crippen molar-refractivity contribution in [2.45, 2.75) is 44.6 Å². The highest BCUT2D eigenvalue weighted by molar-refractivity contribution is 5.37. The first-order chi connectivity index (χ1) is 10.3. The summed E-state index contributed by atoms with van der Waals surface area (Å²) in [6.45, 7) is 2.19. The molecule has 0 spiro atoms. The Hall–Kier alpha value is -1.64. The molecular weight excluding hydrogens is 256 g/mol. The lowest BCUT2D eigenvalue weighted by molar-refractivity contribution is 0.408. The van der Waals surface area contributed by atoms with E-state index < -0.39 is 0 Å². The fourth-order valence-electron chi connectivity index (χ4n) is 3.59. The topological polar surface area (TPSA) is 38.0 Å². The van der Waals surface area contributed by atoms with Gasteiger partial charge in [0.2, 0.25) is 0 Å². The van der Waals surface area contributed by atoms with E-state index in [1.165, 1.54) is 41.5 Å². The van der Waals surface area contributed by atoms with Gasteiger partial charge in [0.25, 0.3) is 0 Å². The van der Waals surface area contributed by atoms with E-state index in [1.807, 2.05) is 0 Å². The van der Waals surface area contributed by atoms with E-state index in [9.17, 15) is 0 Å². The monoisotopic (exact) mass is 280 g/mol. The standard InChI is InChI=1S/C19H24N2/c1-2-14-7-5-10-16(13-14)19(21-20)18-12-6-9-15-8-3-4-11-17(15)18/h3-5,7-8,10-11,13,18-19,21H,2,6,9,12,20H2,1H3. The van der Waals surface area contributed by atoms with E-state index in [-0.39, 0.29) is 6.04 Å². The van der Waals surface area contributed by atoms with Crippen LogP contribution in [0.5, 0.6) is 0 Å². The molecule has 0 saturated heterocycles. The van der Waals surface area contributed by atoms with Gasteiger partial charge in [-0.3, -0.25) is 11.3 Å². The van der Waals surface area contributed by atoms with Gasteiger partial charge in [0, 0.05) is 5.92 Å². The number of hydrazine groups is 1. The van der Waals surface area contributed by atoms with Crippen LogP contribution < -0.4 is 11.3 Å². The molecule has 2 unspecified atom stereocenters. The lowest BCUT2D eigenvalue weighted by Gasteiger charge is -2.32. The Kier molecular flexibility index (Phi) is 4.37. The van der Waals surface area contributed by atoms with Crippen LogP contribution in [0.2, 0.25) is 0 Å². The van der Waals surface area contributed by atoms with Crippen LogP contribution >= 0.6 is 0 Å². The van der Waals surface area contributed by atoms with Crippen LogP contribution in [0.15, 0.2) is 48.5 Å². The summed E-state index contributed by atoms with van der Waals surface area (Å²) in [5, 5.41) is 0. The highest BCUT2D eigenvalue weighted by Crippen LogP contribution is 2.40. The van der Waals surface area contributed by atoms with Crippen LogP contribution in [-0.4, -0.2) is 0 Å². The van der Waals surface area contributed by atoms with E-state index in [0.29, 0.717) is 5.92 Å². The summed E-state index contributed by atoms with van der Waals surface area (Å²) in [6.07, 6.45) is 4.70. The summed E-state index contributed by atoms with van der Waals surface area (Å²) in [5.74, 6) is 6.40. The third kappa shape index (κ3) is 2.87. The van der Waals surface area contributed by atoms with Crippen LogP contribution in [0.3, 0.4) is 0 Å². The maximum absolute atomic E-state index is 5.93. The fourth-order valence-corrected chi connectivity index (χ4v) is 3.59. The molecule has 2 aromatic rings. The van der Waals surface area contributed by atoms with Gasteiger partial charge >= 0.3 is 0 Å². The lowest BCUT2D eigenvalue weighted by atomic mass is 9.77. The van der Waals surface area contributed by atoms with Crippen molar-refractivity contribution in [1.29, 1.82) is 0 Å². The van der Waals surface area contributed by atoms with Crippen molar-refractivity contribution < 1.29 is 0 Å². The highest BCUT2D eigenvalue weighted by Gasteiger charge is 2.28. The van der Waals surface area contributed by atoms with E-state index in [4.69, 9.17) is 5.84 Å². The molecule has 0 aliphatic heterocycles. The number of rotatable bonds is 4. The Morgan fingerprint density at radius 2 is 2.05 bits per heavy atom. The van der Waals surface area contributed by atoms with Gasteiger partial charge in [-0.15, -0.1) is 0 Å². The predicted molar refractivity (Wildman–Crippen MR) is 88.0 cm³/mol. The Labute approximate surface area is 127 Å². The molecule has 2 aromatic carbocycles. The second-order valence-corrected chi connectivity index (χ2v) is 5.94. The first-order valence-electron chi connectivity index (χ1n) is 7.96. The zero-order chi connectivity index (χ0) is 14.7. The zero-order valence-corrected chi connectivity index (χ0v) is 12.7. The number of aryl methyl sites for hydroxylation is 2. The third-order valence-electron chi connectivity index (χ3n) is 4.72. The molecule has 0 fully saturated rings. The molecule has 0 aromatic heterocycles. The maximum Gasteiger partial charge on any atom is 0.0528 e. The molecule has 0 heterocycles. The molecule has 2 atom stereocenters. The molecule has 21 heavy (non-hydrogen) atoms. The van der Waals surface area contributed by atoms with Crippen LogP contribution in [0.25, 0.3) is 0 Å². The van der Waals surface area contributed by atoms with Crippen molar-refractivity contribution in [2.24, 2.45) is 5.84 Å². The molecule has 1 aliphatic carbocycles. The maximum atomic E-state index is 5.93. The van der Waals surface area contributed by atoms with Gasteiger partial charge in [0.1, 0.15) is 0 Å². The number of hydrogen-bond donors (Lipinski definition) is 2. The van der Waals surface area contributed by atoms with E-state index in [2.05, 4.69) is 60.9 Å². The van der Waals surface area contributed by atoms with Gasteiger partial charge in [-0.1, -0.05) is 55.5 Å². The number of hydrogen-bond acceptors (Lipinski definition) is 2. The number of benzene rings is 2. The summed E-state index contributed by atoms with van der Waals surface area (Å²) in [4.78, 5) is 0. The first-order valence-corrected chi connectivity index (χ1v) is 7.96. The second-order valence-electron chi connectivity index (χ2n) is 5.94. The summed E-state index contributed by atoms with van der Waals surface area (Å²) >= 11 is 0. The summed E-state index contributed by atoms with van der Waals surface area (Å²) in [5.41, 5.74) is 8.71. The smallest absolute Gasteiger partial charge is 0.0528 e. The Morgan fingerprint density at radius 1 is 1.19 bits per heavy atom. The quantitative estimate of drug-likeness (QED) is 0.659. The summed E-state index contributed by atoms with van der Waals surface area (Å²) in [7, 11) is 0. The molecule has 1 aliphatic rings. The predicted octanol–water partition coefficient (Wildman–Crippen LogP) is 3.87. The van der Waals surface area contributed by atoms with Gasteiger partial charge in [-0.2, -0.15) is 0 Å². The molecule has 0 amide bonds. The van der Waals surface area contributed by atoms with Crippen LogP contribution in [0.1, 0.15) is 54.0 Å². The average Bonchev–Trinajstić information content (AvgIpc) is 2.56. The van der Waals surface area contributed by atoms with Crippen molar-refractivity contribution >= 4 is 0 Å². The van der Waals surface area contributed by atoms with Gasteiger partial charge in [-0.05, 0) is 47.9 Å². The Balaban J connectivity index is 1.97. The Bertz CT molecular complexity index is 606. The summed E-state index contributed by atoms with van der Waals surface area (Å²) < 4.78 is 0. The van der Waals surface area contributed by atoms with Gasteiger partial charge in [0.05, 0.1) is 6.04 Å². The molecule has 3 N–H and O–H groups in total. The molecule has 0 bridgehead atoms. The lowest BCUT2D eigenvalue weighted by Crippen LogP contribution is -2.34. The minimum Gasteiger partial charge on any atom is -0.271 e. The van der Waals surface area contributed by atoms with Crippen molar-refractivity contribution in [1.82, 2.24) is 5.43 Å². The molecule has 2 nitrogen and oxygen atoms in total. The molecular formula is C19H24N2. The highest BCUT2D eigenvalue weighted by atomic mass is 15.2. The first kappa shape index (κ1) is 14.3. The van der Waals surface area contributed by atoms with Crippen molar-refractivity contribution in [3.8, 4) is 0 Å². The number of fused-ring (bicyclic) bond motifs is 1. The normalized spacial score (nSPS) is 19.0. The summed E-state index contributed by atoms with van der Waals surface area (Å²) in [6, 6.07) is 17.8. The van der Waals surface area contributed by atoms with Gasteiger partial charge < -0.3 is 0 Å².